The van der Waals surface area contributed by atoms with E-state index in [0.29, 0.717) is 42.2 Å². The zero-order chi connectivity index (χ0) is 21.8. The maximum absolute atomic E-state index is 12.9. The summed E-state index contributed by atoms with van der Waals surface area (Å²) < 4.78 is 4.34. The van der Waals surface area contributed by atoms with Crippen molar-refractivity contribution in [1.82, 2.24) is 24.5 Å². The van der Waals surface area contributed by atoms with Gasteiger partial charge in [-0.3, -0.25) is 18.6 Å². The summed E-state index contributed by atoms with van der Waals surface area (Å²) in [5, 5.41) is 13.6. The van der Waals surface area contributed by atoms with Crippen molar-refractivity contribution in [1.29, 1.82) is 0 Å². The SMILES string of the molecule is CCCCn1c(=O)c2sccc2n2c(CCC(=O)NC[C@H](C)c3ccccc3)nnc12. The second kappa shape index (κ2) is 9.43. The molecule has 3 aromatic heterocycles. The molecule has 162 valence electrons. The molecule has 0 saturated heterocycles. The first-order valence-electron chi connectivity index (χ1n) is 10.8. The van der Waals surface area contributed by atoms with E-state index in [0.717, 1.165) is 18.4 Å². The summed E-state index contributed by atoms with van der Waals surface area (Å²) in [7, 11) is 0. The van der Waals surface area contributed by atoms with Gasteiger partial charge in [-0.05, 0) is 29.3 Å². The van der Waals surface area contributed by atoms with Crippen LogP contribution in [0.15, 0.2) is 46.6 Å². The second-order valence-corrected chi connectivity index (χ2v) is 8.73. The number of hydrogen-bond acceptors (Lipinski definition) is 5. The molecule has 1 aromatic carbocycles. The number of hydrogen-bond donors (Lipinski definition) is 1. The molecule has 0 fully saturated rings. The van der Waals surface area contributed by atoms with Gasteiger partial charge in [0.25, 0.3) is 5.56 Å². The smallest absolute Gasteiger partial charge is 0.272 e. The Bertz CT molecular complexity index is 1240. The van der Waals surface area contributed by atoms with Crippen molar-refractivity contribution < 1.29 is 4.79 Å². The fraction of sp³-hybridized carbons (Fsp3) is 0.391. The highest BCUT2D eigenvalue weighted by Crippen LogP contribution is 2.20. The first-order chi connectivity index (χ1) is 15.1. The van der Waals surface area contributed by atoms with Gasteiger partial charge >= 0.3 is 0 Å². The summed E-state index contributed by atoms with van der Waals surface area (Å²) in [6, 6.07) is 12.1. The number of nitrogens with zero attached hydrogens (tertiary/aromatic N) is 4. The highest BCUT2D eigenvalue weighted by molar-refractivity contribution is 7.17. The first-order valence-corrected chi connectivity index (χ1v) is 11.6. The Morgan fingerprint density at radius 1 is 1.19 bits per heavy atom. The average Bonchev–Trinajstić information content (AvgIpc) is 3.44. The number of amides is 1. The minimum Gasteiger partial charge on any atom is -0.355 e. The molecule has 0 unspecified atom stereocenters. The van der Waals surface area contributed by atoms with Crippen LogP contribution in [0.2, 0.25) is 0 Å². The predicted octanol–water partition coefficient (Wildman–Crippen LogP) is 3.76. The van der Waals surface area contributed by atoms with Crippen LogP contribution in [0.25, 0.3) is 16.0 Å². The number of unbranched alkanes of at least 4 members (excludes halogenated alkanes) is 1. The zero-order valence-corrected chi connectivity index (χ0v) is 18.7. The Balaban J connectivity index is 1.49. The molecule has 1 amide bonds. The van der Waals surface area contributed by atoms with E-state index >= 15 is 0 Å². The van der Waals surface area contributed by atoms with Gasteiger partial charge in [-0.2, -0.15) is 0 Å². The van der Waals surface area contributed by atoms with E-state index in [1.54, 1.807) is 4.57 Å². The first kappa shape index (κ1) is 21.2. The van der Waals surface area contributed by atoms with Crippen molar-refractivity contribution in [3.05, 3.63) is 63.5 Å². The molecule has 4 aromatic rings. The largest absolute Gasteiger partial charge is 0.355 e. The van der Waals surface area contributed by atoms with Gasteiger partial charge in [0.2, 0.25) is 11.7 Å². The molecule has 0 aliphatic carbocycles. The molecule has 8 heteroatoms. The van der Waals surface area contributed by atoms with Gasteiger partial charge in [-0.15, -0.1) is 21.5 Å². The number of carbonyl (C=O) groups excluding carboxylic acids is 1. The molecule has 3 heterocycles. The number of thiophene rings is 1. The molecule has 0 bridgehead atoms. The van der Waals surface area contributed by atoms with Gasteiger partial charge in [-0.25, -0.2) is 0 Å². The molecule has 0 aliphatic rings. The molecule has 0 radical (unpaired) electrons. The van der Waals surface area contributed by atoms with Gasteiger partial charge < -0.3 is 5.32 Å². The number of aryl methyl sites for hydroxylation is 2. The number of benzene rings is 1. The summed E-state index contributed by atoms with van der Waals surface area (Å²) in [6.07, 6.45) is 2.67. The number of rotatable bonds is 9. The lowest BCUT2D eigenvalue weighted by Crippen LogP contribution is -2.28. The van der Waals surface area contributed by atoms with Crippen LogP contribution < -0.4 is 10.9 Å². The van der Waals surface area contributed by atoms with E-state index in [2.05, 4.69) is 41.5 Å². The van der Waals surface area contributed by atoms with E-state index in [-0.39, 0.29) is 17.4 Å². The van der Waals surface area contributed by atoms with Crippen molar-refractivity contribution in [2.24, 2.45) is 0 Å². The topological polar surface area (TPSA) is 81.3 Å². The van der Waals surface area contributed by atoms with Crippen LogP contribution in [0.4, 0.5) is 0 Å². The molecule has 7 nitrogen and oxygen atoms in total. The highest BCUT2D eigenvalue weighted by atomic mass is 32.1. The van der Waals surface area contributed by atoms with Gasteiger partial charge in [0, 0.05) is 25.9 Å². The summed E-state index contributed by atoms with van der Waals surface area (Å²) in [5.74, 6) is 1.49. The van der Waals surface area contributed by atoms with E-state index in [4.69, 9.17) is 0 Å². The molecule has 0 aliphatic heterocycles. The summed E-state index contributed by atoms with van der Waals surface area (Å²) in [5.41, 5.74) is 2.00. The number of nitrogens with one attached hydrogen (secondary N) is 1. The van der Waals surface area contributed by atoms with Crippen LogP contribution in [0.5, 0.6) is 0 Å². The molecule has 1 N–H and O–H groups in total. The minimum absolute atomic E-state index is 0.0135. The quantitative estimate of drug-likeness (QED) is 0.432. The maximum Gasteiger partial charge on any atom is 0.272 e. The van der Waals surface area contributed by atoms with Crippen LogP contribution in [-0.2, 0) is 17.8 Å². The predicted molar refractivity (Wildman–Crippen MR) is 124 cm³/mol. The van der Waals surface area contributed by atoms with Crippen molar-refractivity contribution in [2.75, 3.05) is 6.54 Å². The molecule has 31 heavy (non-hydrogen) atoms. The van der Waals surface area contributed by atoms with Gasteiger partial charge in [-0.1, -0.05) is 50.6 Å². The van der Waals surface area contributed by atoms with Crippen LogP contribution in [0.1, 0.15) is 50.4 Å². The Morgan fingerprint density at radius 2 is 2.00 bits per heavy atom. The van der Waals surface area contributed by atoms with Crippen LogP contribution in [0, 0.1) is 0 Å². The fourth-order valence-corrected chi connectivity index (χ4v) is 4.56. The van der Waals surface area contributed by atoms with E-state index in [9.17, 15) is 9.59 Å². The van der Waals surface area contributed by atoms with Crippen LogP contribution in [0.3, 0.4) is 0 Å². The van der Waals surface area contributed by atoms with E-state index in [1.807, 2.05) is 34.0 Å². The monoisotopic (exact) mass is 437 g/mol. The van der Waals surface area contributed by atoms with Gasteiger partial charge in [0.1, 0.15) is 10.5 Å². The molecule has 0 spiro atoms. The van der Waals surface area contributed by atoms with Gasteiger partial charge in [0.05, 0.1) is 5.52 Å². The number of fused-ring (bicyclic) bond motifs is 3. The van der Waals surface area contributed by atoms with Crippen LogP contribution >= 0.6 is 11.3 Å². The Morgan fingerprint density at radius 3 is 2.77 bits per heavy atom. The highest BCUT2D eigenvalue weighted by Gasteiger charge is 2.18. The molecular weight excluding hydrogens is 410 g/mol. The lowest BCUT2D eigenvalue weighted by atomic mass is 10.0. The minimum atomic E-state index is -0.0162. The van der Waals surface area contributed by atoms with E-state index < -0.39 is 0 Å². The Hall–Kier alpha value is -3.00. The van der Waals surface area contributed by atoms with Crippen molar-refractivity contribution in [2.45, 2.75) is 52.0 Å². The summed E-state index contributed by atoms with van der Waals surface area (Å²) in [6.45, 7) is 5.40. The molecule has 0 saturated carbocycles. The maximum atomic E-state index is 12.9. The summed E-state index contributed by atoms with van der Waals surface area (Å²) >= 11 is 1.43. The van der Waals surface area contributed by atoms with Crippen molar-refractivity contribution in [3.8, 4) is 0 Å². The molecular formula is C23H27N5O2S. The Labute approximate surface area is 184 Å². The van der Waals surface area contributed by atoms with Crippen LogP contribution in [-0.4, -0.2) is 31.6 Å². The van der Waals surface area contributed by atoms with E-state index in [1.165, 1.54) is 16.9 Å². The molecule has 4 rings (SSSR count). The zero-order valence-electron chi connectivity index (χ0n) is 17.9. The van der Waals surface area contributed by atoms with Crippen molar-refractivity contribution >= 4 is 33.2 Å². The summed E-state index contributed by atoms with van der Waals surface area (Å²) in [4.78, 5) is 25.3. The average molecular weight is 438 g/mol. The van der Waals surface area contributed by atoms with Crippen molar-refractivity contribution in [3.63, 3.8) is 0 Å². The Kier molecular flexibility index (Phi) is 6.46. The third-order valence-electron chi connectivity index (χ3n) is 5.56. The normalized spacial score (nSPS) is 12.5. The lowest BCUT2D eigenvalue weighted by molar-refractivity contribution is -0.121. The third kappa shape index (κ3) is 4.39. The van der Waals surface area contributed by atoms with Gasteiger partial charge in [0.15, 0.2) is 0 Å². The number of carbonyl (C=O) groups is 1. The fourth-order valence-electron chi connectivity index (χ4n) is 3.74. The second-order valence-electron chi connectivity index (χ2n) is 7.81. The standard InChI is InChI=1S/C23H27N5O2S/c1-3-4-13-27-22(30)21-18(12-14-31-21)28-19(25-26-23(27)28)10-11-20(29)24-15-16(2)17-8-6-5-7-9-17/h5-9,12,14,16H,3-4,10-11,13,15H2,1-2H3,(H,24,29)/t16-/m0/s1. The number of aromatic nitrogens is 4. The molecule has 1 atom stereocenters. The lowest BCUT2D eigenvalue weighted by Gasteiger charge is -2.13. The third-order valence-corrected chi connectivity index (χ3v) is 6.46.